The molecule has 0 amide bonds. The van der Waals surface area contributed by atoms with Crippen LogP contribution in [0.25, 0.3) is 16.9 Å². The van der Waals surface area contributed by atoms with E-state index in [4.69, 9.17) is 0 Å². The van der Waals surface area contributed by atoms with E-state index in [1.807, 2.05) is 24.3 Å². The van der Waals surface area contributed by atoms with Crippen molar-refractivity contribution in [1.82, 2.24) is 15.0 Å². The number of hydrogen-bond donors (Lipinski definition) is 0. The van der Waals surface area contributed by atoms with Crippen LogP contribution in [0.5, 0.6) is 0 Å². The van der Waals surface area contributed by atoms with Gasteiger partial charge in [0.2, 0.25) is 0 Å². The molecule has 0 bridgehead atoms. The van der Waals surface area contributed by atoms with Crippen molar-refractivity contribution in [3.8, 4) is 0 Å². The maximum absolute atomic E-state index is 12.0. The molecule has 0 spiro atoms. The first-order valence-electron chi connectivity index (χ1n) is 6.51. The van der Waals surface area contributed by atoms with E-state index in [1.165, 1.54) is 23.9 Å². The molecule has 0 aliphatic rings. The summed E-state index contributed by atoms with van der Waals surface area (Å²) in [5.74, 6) is -0.0831. The van der Waals surface area contributed by atoms with E-state index in [2.05, 4.69) is 17.2 Å². The Balaban J connectivity index is 0.00000180. The van der Waals surface area contributed by atoms with Gasteiger partial charge in [0.1, 0.15) is 5.52 Å². The van der Waals surface area contributed by atoms with Crippen LogP contribution in [0.15, 0.2) is 30.3 Å². The quantitative estimate of drug-likeness (QED) is 0.397. The minimum atomic E-state index is -0.0831. The van der Waals surface area contributed by atoms with Crippen molar-refractivity contribution >= 4 is 16.9 Å². The first-order chi connectivity index (χ1) is 8.83. The number of unbranched alkanes of at least 4 members (excludes halogenated alkanes) is 4. The number of allylic oxidation sites excluding steroid dienone is 1. The second kappa shape index (κ2) is 8.03. The van der Waals surface area contributed by atoms with Crippen LogP contribution in [0.2, 0.25) is 0 Å². The maximum Gasteiger partial charge on any atom is 1.00 e. The van der Waals surface area contributed by atoms with Gasteiger partial charge in [0, 0.05) is 0 Å². The molecule has 19 heavy (non-hydrogen) atoms. The van der Waals surface area contributed by atoms with Gasteiger partial charge >= 0.3 is 18.9 Å². The number of rotatable bonds is 6. The molecule has 1 aromatic carbocycles. The number of aromatic nitrogens is 3. The van der Waals surface area contributed by atoms with Gasteiger partial charge in [-0.15, -0.1) is 5.10 Å². The van der Waals surface area contributed by atoms with E-state index in [0.29, 0.717) is 0 Å². The topological polar surface area (TPSA) is 53.8 Å². The summed E-state index contributed by atoms with van der Waals surface area (Å²) in [5, 5.41) is 19.8. The number of nitrogens with zero attached hydrogens (tertiary/aromatic N) is 3. The molecule has 4 nitrogen and oxygen atoms in total. The Morgan fingerprint density at radius 1 is 1.26 bits per heavy atom. The Hall–Kier alpha value is -1.24. The second-order valence-corrected chi connectivity index (χ2v) is 4.38. The maximum atomic E-state index is 12.0. The summed E-state index contributed by atoms with van der Waals surface area (Å²) in [6, 6.07) is 7.49. The van der Waals surface area contributed by atoms with Crippen molar-refractivity contribution in [1.29, 1.82) is 0 Å². The normalized spacial score (nSPS) is 11.5. The minimum absolute atomic E-state index is 0. The SMILES string of the molecule is CCCCCC/C=C(/[O-])n1nnc2ccccc21.[Li+]. The van der Waals surface area contributed by atoms with Crippen LogP contribution in [0, 0.1) is 0 Å². The Morgan fingerprint density at radius 3 is 2.84 bits per heavy atom. The Labute approximate surface area is 125 Å². The zero-order valence-corrected chi connectivity index (χ0v) is 11.7. The van der Waals surface area contributed by atoms with Crippen LogP contribution >= 0.6 is 0 Å². The first-order valence-corrected chi connectivity index (χ1v) is 6.51. The summed E-state index contributed by atoms with van der Waals surface area (Å²) in [6.45, 7) is 2.18. The fourth-order valence-corrected chi connectivity index (χ4v) is 1.91. The van der Waals surface area contributed by atoms with E-state index in [9.17, 15) is 5.11 Å². The standard InChI is InChI=1S/C14H19N3O.Li/c1-2-3-4-5-6-11-14(18)17-13-10-8-7-9-12(13)15-16-17;/h7-11,18H,2-6H2,1H3;/q;+1/p-1/b14-11+;. The number of hydrogen-bond acceptors (Lipinski definition) is 3. The molecule has 1 heterocycles. The van der Waals surface area contributed by atoms with Gasteiger partial charge in [0.05, 0.1) is 5.52 Å². The summed E-state index contributed by atoms with van der Waals surface area (Å²) >= 11 is 0. The zero-order chi connectivity index (χ0) is 12.8. The molecule has 0 unspecified atom stereocenters. The molecule has 0 aliphatic carbocycles. The third-order valence-electron chi connectivity index (χ3n) is 2.94. The molecule has 0 N–H and O–H groups in total. The van der Waals surface area contributed by atoms with Crippen LogP contribution in [-0.2, 0) is 0 Å². The van der Waals surface area contributed by atoms with Crippen LogP contribution in [0.1, 0.15) is 39.0 Å². The van der Waals surface area contributed by atoms with Crippen molar-refractivity contribution in [2.45, 2.75) is 39.0 Å². The molecule has 0 fully saturated rings. The monoisotopic (exact) mass is 251 g/mol. The predicted molar refractivity (Wildman–Crippen MR) is 70.6 cm³/mol. The van der Waals surface area contributed by atoms with Crippen molar-refractivity contribution in [3.05, 3.63) is 30.3 Å². The minimum Gasteiger partial charge on any atom is -0.859 e. The van der Waals surface area contributed by atoms with Gasteiger partial charge in [-0.05, 0) is 30.9 Å². The van der Waals surface area contributed by atoms with Crippen molar-refractivity contribution < 1.29 is 24.0 Å². The molecule has 2 rings (SSSR count). The molecular formula is C14H18LiN3O. The number of para-hydroxylation sites is 1. The van der Waals surface area contributed by atoms with E-state index in [1.54, 1.807) is 6.08 Å². The third-order valence-corrected chi connectivity index (χ3v) is 2.94. The first kappa shape index (κ1) is 15.8. The van der Waals surface area contributed by atoms with Crippen LogP contribution < -0.4 is 24.0 Å². The number of benzene rings is 1. The summed E-state index contributed by atoms with van der Waals surface area (Å²) in [6.07, 6.45) is 7.20. The molecule has 2 aromatic rings. The average molecular weight is 251 g/mol. The van der Waals surface area contributed by atoms with Gasteiger partial charge < -0.3 is 5.11 Å². The Kier molecular flexibility index (Phi) is 6.69. The van der Waals surface area contributed by atoms with Crippen molar-refractivity contribution in [2.75, 3.05) is 0 Å². The van der Waals surface area contributed by atoms with E-state index in [0.717, 1.165) is 23.9 Å². The Bertz CT molecular complexity index is 536. The van der Waals surface area contributed by atoms with Crippen LogP contribution in [-0.4, -0.2) is 15.0 Å². The largest absolute Gasteiger partial charge is 1.00 e. The van der Waals surface area contributed by atoms with Crippen LogP contribution in [0.4, 0.5) is 0 Å². The molecule has 96 valence electrons. The summed E-state index contributed by atoms with van der Waals surface area (Å²) in [4.78, 5) is 0. The van der Waals surface area contributed by atoms with Gasteiger partial charge in [0.25, 0.3) is 0 Å². The molecule has 0 atom stereocenters. The number of fused-ring (bicyclic) bond motifs is 1. The fraction of sp³-hybridized carbons (Fsp3) is 0.429. The third kappa shape index (κ3) is 4.12. The summed E-state index contributed by atoms with van der Waals surface area (Å²) in [7, 11) is 0. The van der Waals surface area contributed by atoms with Crippen LogP contribution in [0.3, 0.4) is 0 Å². The fourth-order valence-electron chi connectivity index (χ4n) is 1.91. The molecular weight excluding hydrogens is 233 g/mol. The smallest absolute Gasteiger partial charge is 0.859 e. The van der Waals surface area contributed by atoms with Gasteiger partial charge in [-0.2, -0.15) is 0 Å². The van der Waals surface area contributed by atoms with Gasteiger partial charge in [0.15, 0.2) is 0 Å². The van der Waals surface area contributed by atoms with Gasteiger partial charge in [-0.1, -0.05) is 49.6 Å². The predicted octanol–water partition coefficient (Wildman–Crippen LogP) is -0.436. The average Bonchev–Trinajstić information content (AvgIpc) is 2.82. The van der Waals surface area contributed by atoms with Gasteiger partial charge in [-0.3, -0.25) is 0 Å². The molecule has 0 saturated heterocycles. The zero-order valence-electron chi connectivity index (χ0n) is 11.7. The molecule has 1 aromatic heterocycles. The summed E-state index contributed by atoms with van der Waals surface area (Å²) < 4.78 is 1.37. The summed E-state index contributed by atoms with van der Waals surface area (Å²) in [5.41, 5.74) is 1.53. The van der Waals surface area contributed by atoms with Crippen molar-refractivity contribution in [2.24, 2.45) is 0 Å². The van der Waals surface area contributed by atoms with Gasteiger partial charge in [-0.25, -0.2) is 4.68 Å². The molecule has 0 aliphatic heterocycles. The van der Waals surface area contributed by atoms with E-state index < -0.39 is 0 Å². The molecule has 0 radical (unpaired) electrons. The second-order valence-electron chi connectivity index (χ2n) is 4.38. The molecule has 0 saturated carbocycles. The molecule has 5 heteroatoms. The Morgan fingerprint density at radius 2 is 2.05 bits per heavy atom. The van der Waals surface area contributed by atoms with E-state index >= 15 is 0 Å². The van der Waals surface area contributed by atoms with Crippen molar-refractivity contribution in [3.63, 3.8) is 0 Å². The van der Waals surface area contributed by atoms with E-state index in [-0.39, 0.29) is 24.7 Å².